The summed E-state index contributed by atoms with van der Waals surface area (Å²) >= 11 is 0. The lowest BCUT2D eigenvalue weighted by Crippen LogP contribution is -2.51. The maximum atomic E-state index is 13.3. The zero-order chi connectivity index (χ0) is 23.4. The number of ketones is 1. The Hall–Kier alpha value is -2.69. The second-order valence-electron chi connectivity index (χ2n) is 8.11. The number of carbonyl (C=O) groups is 2. The van der Waals surface area contributed by atoms with Crippen molar-refractivity contribution in [2.45, 2.75) is 36.3 Å². The van der Waals surface area contributed by atoms with Crippen LogP contribution in [-0.2, 0) is 19.4 Å². The Morgan fingerprint density at radius 3 is 2.31 bits per heavy atom. The van der Waals surface area contributed by atoms with Gasteiger partial charge in [-0.05, 0) is 30.9 Å². The number of aromatic nitrogens is 2. The molecule has 2 aromatic rings. The molecule has 32 heavy (non-hydrogen) atoms. The van der Waals surface area contributed by atoms with Gasteiger partial charge in [-0.25, -0.2) is 13.4 Å². The van der Waals surface area contributed by atoms with Crippen LogP contribution in [0.5, 0.6) is 0 Å². The van der Waals surface area contributed by atoms with E-state index in [1.807, 2.05) is 13.8 Å². The van der Waals surface area contributed by atoms with Crippen LogP contribution in [0.2, 0.25) is 0 Å². The van der Waals surface area contributed by atoms with Gasteiger partial charge in [0, 0.05) is 25.3 Å². The van der Waals surface area contributed by atoms with E-state index >= 15 is 0 Å². The van der Waals surface area contributed by atoms with Gasteiger partial charge < -0.3 is 15.2 Å². The van der Waals surface area contributed by atoms with Crippen molar-refractivity contribution in [3.63, 3.8) is 0 Å². The maximum Gasteiger partial charge on any atom is 0.271 e. The molecule has 1 aliphatic rings. The third-order valence-corrected chi connectivity index (χ3v) is 8.04. The third kappa shape index (κ3) is 4.72. The molecule has 3 rings (SSSR count). The van der Waals surface area contributed by atoms with Gasteiger partial charge in [0.2, 0.25) is 0 Å². The fraction of sp³-hybridized carbons (Fsp3) is 0.455. The van der Waals surface area contributed by atoms with Crippen molar-refractivity contribution >= 4 is 21.5 Å². The van der Waals surface area contributed by atoms with E-state index in [4.69, 9.17) is 4.74 Å². The summed E-state index contributed by atoms with van der Waals surface area (Å²) in [5.41, 5.74) is 1.28. The highest BCUT2D eigenvalue weighted by atomic mass is 32.2. The third-order valence-electron chi connectivity index (χ3n) is 5.48. The Morgan fingerprint density at radius 1 is 1.12 bits per heavy atom. The van der Waals surface area contributed by atoms with Crippen LogP contribution in [0.25, 0.3) is 11.3 Å². The van der Waals surface area contributed by atoms with Gasteiger partial charge >= 0.3 is 0 Å². The van der Waals surface area contributed by atoms with E-state index in [9.17, 15) is 23.1 Å². The summed E-state index contributed by atoms with van der Waals surface area (Å²) in [7, 11) is -4.04. The van der Waals surface area contributed by atoms with E-state index in [0.29, 0.717) is 23.7 Å². The van der Waals surface area contributed by atoms with Crippen molar-refractivity contribution in [3.8, 4) is 11.3 Å². The molecule has 1 saturated heterocycles. The van der Waals surface area contributed by atoms with Gasteiger partial charge in [0.05, 0.1) is 23.0 Å². The van der Waals surface area contributed by atoms with Crippen LogP contribution in [-0.4, -0.2) is 66.3 Å². The number of carbonyl (C=O) groups excluding carboxylic acids is 2. The van der Waals surface area contributed by atoms with E-state index in [1.54, 1.807) is 12.1 Å². The molecule has 0 atom stereocenters. The highest BCUT2D eigenvalue weighted by Crippen LogP contribution is 2.36. The number of nitrogens with zero attached hydrogens (tertiary/aromatic N) is 2. The summed E-state index contributed by atoms with van der Waals surface area (Å²) in [4.78, 5) is 32.9. The summed E-state index contributed by atoms with van der Waals surface area (Å²) in [6, 6.07) is 5.98. The van der Waals surface area contributed by atoms with Crippen molar-refractivity contribution in [3.05, 3.63) is 42.4 Å². The molecule has 1 aromatic heterocycles. The maximum absolute atomic E-state index is 13.3. The number of sulfone groups is 1. The zero-order valence-electron chi connectivity index (χ0n) is 18.1. The lowest BCUT2D eigenvalue weighted by Gasteiger charge is -2.34. The lowest BCUT2D eigenvalue weighted by molar-refractivity contribution is -0.126. The number of ether oxygens (including phenoxy) is 1. The Labute approximate surface area is 187 Å². The zero-order valence-corrected chi connectivity index (χ0v) is 18.9. The molecule has 1 aliphatic heterocycles. The van der Waals surface area contributed by atoms with E-state index in [0.717, 1.165) is 0 Å². The fourth-order valence-corrected chi connectivity index (χ4v) is 5.57. The molecule has 0 unspecified atom stereocenters. The molecule has 0 saturated carbocycles. The highest BCUT2D eigenvalue weighted by Gasteiger charge is 2.51. The number of hydrogen-bond donors (Lipinski definition) is 2. The summed E-state index contributed by atoms with van der Waals surface area (Å²) < 4.78 is 30.2. The quantitative estimate of drug-likeness (QED) is 0.602. The first kappa shape index (κ1) is 24.0. The molecule has 2 heterocycles. The smallest absolute Gasteiger partial charge is 0.271 e. The van der Waals surface area contributed by atoms with Gasteiger partial charge in [0.15, 0.2) is 15.6 Å². The number of aliphatic hydroxyl groups is 1. The highest BCUT2D eigenvalue weighted by molar-refractivity contribution is 7.93. The molecule has 2 N–H and O–H groups in total. The minimum absolute atomic E-state index is 0.00227. The first-order valence-corrected chi connectivity index (χ1v) is 11.9. The predicted octanol–water partition coefficient (Wildman–Crippen LogP) is 1.41. The summed E-state index contributed by atoms with van der Waals surface area (Å²) in [6.07, 6.45) is 2.82. The van der Waals surface area contributed by atoms with Gasteiger partial charge in [0.25, 0.3) is 5.91 Å². The van der Waals surface area contributed by atoms with Gasteiger partial charge in [-0.3, -0.25) is 14.6 Å². The topological polar surface area (TPSA) is 136 Å². The summed E-state index contributed by atoms with van der Waals surface area (Å²) in [5.74, 6) is -0.717. The number of Topliss-reactive ketones (excluding diaryl/α,β-unsaturated/α-hetero) is 1. The molecule has 1 fully saturated rings. The Balaban J connectivity index is 1.82. The molecular formula is C22H27N3O6S. The number of aliphatic hydroxyl groups excluding tert-OH is 1. The number of amides is 1. The number of nitrogens with one attached hydrogen (secondary N) is 1. The van der Waals surface area contributed by atoms with Crippen LogP contribution in [0.1, 0.15) is 37.2 Å². The van der Waals surface area contributed by atoms with Crippen molar-refractivity contribution < 1.29 is 27.9 Å². The largest absolute Gasteiger partial charge is 0.389 e. The van der Waals surface area contributed by atoms with Gasteiger partial charge in [-0.1, -0.05) is 26.0 Å². The standard InChI is InChI=1S/C22H27N3O6S/c1-15(2)11-25-21(28)19-13-23-18(12-24-19)16-3-5-17(6-4-16)32(29,30)22(20(27)14-26)7-9-31-10-8-22/h3-6,12-13,15,26H,7-11,14H2,1-2H3,(H,25,28). The predicted molar refractivity (Wildman–Crippen MR) is 117 cm³/mol. The van der Waals surface area contributed by atoms with Gasteiger partial charge in [-0.15, -0.1) is 0 Å². The van der Waals surface area contributed by atoms with Crippen LogP contribution in [0.15, 0.2) is 41.6 Å². The molecule has 1 aromatic carbocycles. The molecule has 0 spiro atoms. The second kappa shape index (κ2) is 9.85. The molecule has 0 aliphatic carbocycles. The van der Waals surface area contributed by atoms with Gasteiger partial charge in [-0.2, -0.15) is 0 Å². The number of benzene rings is 1. The molecular weight excluding hydrogens is 434 g/mol. The Bertz CT molecular complexity index is 1060. The average Bonchev–Trinajstić information content (AvgIpc) is 2.82. The second-order valence-corrected chi connectivity index (χ2v) is 10.4. The van der Waals surface area contributed by atoms with Crippen LogP contribution < -0.4 is 5.32 Å². The Kier molecular flexibility index (Phi) is 7.37. The van der Waals surface area contributed by atoms with Crippen molar-refractivity contribution in [1.29, 1.82) is 0 Å². The van der Waals surface area contributed by atoms with Gasteiger partial charge in [0.1, 0.15) is 17.0 Å². The van der Waals surface area contributed by atoms with E-state index in [2.05, 4.69) is 15.3 Å². The normalized spacial score (nSPS) is 16.0. The van der Waals surface area contributed by atoms with E-state index < -0.39 is 27.0 Å². The molecule has 9 nitrogen and oxygen atoms in total. The first-order valence-electron chi connectivity index (χ1n) is 10.4. The number of hydrogen-bond acceptors (Lipinski definition) is 8. The summed E-state index contributed by atoms with van der Waals surface area (Å²) in [5, 5.41) is 12.1. The summed E-state index contributed by atoms with van der Waals surface area (Å²) in [6.45, 7) is 3.94. The molecule has 10 heteroatoms. The van der Waals surface area contributed by atoms with Crippen molar-refractivity contribution in [2.24, 2.45) is 5.92 Å². The van der Waals surface area contributed by atoms with E-state index in [-0.39, 0.29) is 42.6 Å². The van der Waals surface area contributed by atoms with Crippen LogP contribution in [0.3, 0.4) is 0 Å². The SMILES string of the molecule is CC(C)CNC(=O)c1cnc(-c2ccc(S(=O)(=O)C3(C(=O)CO)CCOCC3)cc2)cn1. The molecule has 0 radical (unpaired) electrons. The van der Waals surface area contributed by atoms with Crippen molar-refractivity contribution in [2.75, 3.05) is 26.4 Å². The van der Waals surface area contributed by atoms with Crippen LogP contribution >= 0.6 is 0 Å². The minimum Gasteiger partial charge on any atom is -0.389 e. The lowest BCUT2D eigenvalue weighted by atomic mass is 9.94. The monoisotopic (exact) mass is 461 g/mol. The molecule has 0 bridgehead atoms. The minimum atomic E-state index is -4.04. The number of rotatable bonds is 8. The average molecular weight is 462 g/mol. The van der Waals surface area contributed by atoms with Crippen molar-refractivity contribution in [1.82, 2.24) is 15.3 Å². The molecule has 1 amide bonds. The van der Waals surface area contributed by atoms with E-state index in [1.165, 1.54) is 24.5 Å². The Morgan fingerprint density at radius 2 is 1.78 bits per heavy atom. The first-order chi connectivity index (χ1) is 15.2. The molecule has 172 valence electrons. The van der Waals surface area contributed by atoms with Crippen LogP contribution in [0, 0.1) is 5.92 Å². The fourth-order valence-electron chi connectivity index (χ4n) is 3.55. The van der Waals surface area contributed by atoms with Crippen LogP contribution in [0.4, 0.5) is 0 Å².